The number of pyridine rings is 1. The van der Waals surface area contributed by atoms with Crippen molar-refractivity contribution in [2.24, 2.45) is 5.92 Å². The molecule has 4 nitrogen and oxygen atoms in total. The van der Waals surface area contributed by atoms with Crippen LogP contribution in [-0.2, 0) is 0 Å². The molecule has 0 saturated carbocycles. The van der Waals surface area contributed by atoms with Crippen LogP contribution in [0.25, 0.3) is 0 Å². The van der Waals surface area contributed by atoms with E-state index in [2.05, 4.69) is 24.1 Å². The second kappa shape index (κ2) is 4.96. The summed E-state index contributed by atoms with van der Waals surface area (Å²) in [4.78, 5) is 15.3. The Kier molecular flexibility index (Phi) is 3.88. The molecule has 2 N–H and O–H groups in total. The van der Waals surface area contributed by atoms with Crippen LogP contribution in [0.1, 0.15) is 35.6 Å². The molecule has 0 amide bonds. The van der Waals surface area contributed by atoms with Crippen molar-refractivity contribution in [3.05, 3.63) is 23.0 Å². The van der Waals surface area contributed by atoms with Crippen molar-refractivity contribution in [2.75, 3.05) is 11.9 Å². The van der Waals surface area contributed by atoms with E-state index in [4.69, 9.17) is 5.11 Å². The summed E-state index contributed by atoms with van der Waals surface area (Å²) in [5.74, 6) is -0.466. The molecule has 0 fully saturated rings. The lowest BCUT2D eigenvalue weighted by Crippen LogP contribution is -2.14. The number of nitrogens with one attached hydrogen (secondary N) is 1. The molecule has 4 heteroatoms. The lowest BCUT2D eigenvalue weighted by molar-refractivity contribution is 0.0696. The van der Waals surface area contributed by atoms with E-state index < -0.39 is 5.97 Å². The van der Waals surface area contributed by atoms with Crippen LogP contribution in [0, 0.1) is 19.8 Å². The molecule has 1 aromatic rings. The van der Waals surface area contributed by atoms with Crippen molar-refractivity contribution in [1.82, 2.24) is 4.98 Å². The van der Waals surface area contributed by atoms with E-state index in [1.165, 1.54) is 0 Å². The first kappa shape index (κ1) is 12.5. The van der Waals surface area contributed by atoms with Gasteiger partial charge in [0.25, 0.3) is 0 Å². The van der Waals surface area contributed by atoms with Crippen molar-refractivity contribution in [2.45, 2.75) is 27.7 Å². The Bertz CT molecular complexity index is 400. The largest absolute Gasteiger partial charge is 0.478 e. The normalized spacial score (nSPS) is 10.6. The fourth-order valence-corrected chi connectivity index (χ4v) is 1.55. The maximum absolute atomic E-state index is 11.1. The lowest BCUT2D eigenvalue weighted by Gasteiger charge is -2.13. The molecule has 0 saturated heterocycles. The van der Waals surface area contributed by atoms with E-state index in [-0.39, 0.29) is 5.56 Å². The van der Waals surface area contributed by atoms with Crippen LogP contribution in [0.4, 0.5) is 5.69 Å². The van der Waals surface area contributed by atoms with Gasteiger partial charge in [0.1, 0.15) is 5.56 Å². The molecule has 0 aromatic carbocycles. The predicted octanol–water partition coefficient (Wildman–Crippen LogP) is 2.46. The van der Waals surface area contributed by atoms with Gasteiger partial charge in [-0.15, -0.1) is 0 Å². The van der Waals surface area contributed by atoms with Gasteiger partial charge in [0.2, 0.25) is 0 Å². The molecule has 1 heterocycles. The lowest BCUT2D eigenvalue weighted by atomic mass is 10.1. The minimum absolute atomic E-state index is 0.270. The number of rotatable bonds is 4. The number of carboxylic acid groups (broad SMARTS) is 1. The fourth-order valence-electron chi connectivity index (χ4n) is 1.55. The number of aryl methyl sites for hydroxylation is 2. The quantitative estimate of drug-likeness (QED) is 0.821. The SMILES string of the molecule is Cc1cc(NCC(C)C)c(C(=O)O)c(C)n1. The summed E-state index contributed by atoms with van der Waals surface area (Å²) in [5.41, 5.74) is 2.31. The first-order valence-electron chi connectivity index (χ1n) is 5.37. The fraction of sp³-hybridized carbons (Fsp3) is 0.500. The van der Waals surface area contributed by atoms with Crippen molar-refractivity contribution < 1.29 is 9.90 Å². The molecule has 88 valence electrons. The summed E-state index contributed by atoms with van der Waals surface area (Å²) in [6.07, 6.45) is 0. The van der Waals surface area contributed by atoms with Crippen molar-refractivity contribution in [3.63, 3.8) is 0 Å². The van der Waals surface area contributed by atoms with Crippen LogP contribution in [0.3, 0.4) is 0 Å². The molecular formula is C12H18N2O2. The number of anilines is 1. The molecule has 0 aliphatic rings. The Morgan fingerprint density at radius 1 is 1.50 bits per heavy atom. The Hall–Kier alpha value is -1.58. The molecule has 0 radical (unpaired) electrons. The molecule has 1 aromatic heterocycles. The van der Waals surface area contributed by atoms with Crippen LogP contribution < -0.4 is 5.32 Å². The summed E-state index contributed by atoms with van der Waals surface area (Å²) < 4.78 is 0. The number of aromatic nitrogens is 1. The second-order valence-electron chi connectivity index (χ2n) is 4.35. The molecule has 0 aliphatic carbocycles. The van der Waals surface area contributed by atoms with Gasteiger partial charge >= 0.3 is 5.97 Å². The second-order valence-corrected chi connectivity index (χ2v) is 4.35. The van der Waals surface area contributed by atoms with Gasteiger partial charge in [0, 0.05) is 12.2 Å². The maximum Gasteiger partial charge on any atom is 0.339 e. The van der Waals surface area contributed by atoms with E-state index >= 15 is 0 Å². The average Bonchev–Trinajstić information content (AvgIpc) is 2.12. The van der Waals surface area contributed by atoms with Crippen molar-refractivity contribution in [3.8, 4) is 0 Å². The molecule has 0 unspecified atom stereocenters. The van der Waals surface area contributed by atoms with E-state index in [1.807, 2.05) is 6.92 Å². The predicted molar refractivity (Wildman–Crippen MR) is 64.0 cm³/mol. The zero-order valence-electron chi connectivity index (χ0n) is 10.2. The third-order valence-corrected chi connectivity index (χ3v) is 2.24. The standard InChI is InChI=1S/C12H18N2O2/c1-7(2)6-13-10-5-8(3)14-9(4)11(10)12(15)16/h5,7H,6H2,1-4H3,(H,13,14)(H,15,16). The first-order valence-corrected chi connectivity index (χ1v) is 5.37. The highest BCUT2D eigenvalue weighted by Crippen LogP contribution is 2.20. The van der Waals surface area contributed by atoms with Crippen LogP contribution in [0.5, 0.6) is 0 Å². The van der Waals surface area contributed by atoms with Crippen LogP contribution in [0.2, 0.25) is 0 Å². The number of carboxylic acids is 1. The number of aromatic carboxylic acids is 1. The summed E-state index contributed by atoms with van der Waals surface area (Å²) in [6, 6.07) is 1.78. The summed E-state index contributed by atoms with van der Waals surface area (Å²) in [5, 5.41) is 12.3. The Morgan fingerprint density at radius 2 is 2.12 bits per heavy atom. The summed E-state index contributed by atoms with van der Waals surface area (Å²) >= 11 is 0. The topological polar surface area (TPSA) is 62.2 Å². The van der Waals surface area contributed by atoms with Gasteiger partial charge in [-0.2, -0.15) is 0 Å². The van der Waals surface area contributed by atoms with Gasteiger partial charge in [-0.25, -0.2) is 4.79 Å². The van der Waals surface area contributed by atoms with Crippen LogP contribution in [-0.4, -0.2) is 22.6 Å². The first-order chi connectivity index (χ1) is 7.41. The highest BCUT2D eigenvalue weighted by molar-refractivity contribution is 5.95. The number of nitrogens with zero attached hydrogens (tertiary/aromatic N) is 1. The Morgan fingerprint density at radius 3 is 2.62 bits per heavy atom. The molecule has 0 spiro atoms. The zero-order valence-corrected chi connectivity index (χ0v) is 10.2. The van der Waals surface area contributed by atoms with Gasteiger partial charge in [-0.1, -0.05) is 13.8 Å². The number of hydrogen-bond donors (Lipinski definition) is 2. The maximum atomic E-state index is 11.1. The van der Waals surface area contributed by atoms with Crippen LogP contribution in [0.15, 0.2) is 6.07 Å². The minimum atomic E-state index is -0.934. The van der Waals surface area contributed by atoms with Gasteiger partial charge in [0.05, 0.1) is 11.4 Å². The third-order valence-electron chi connectivity index (χ3n) is 2.24. The smallest absolute Gasteiger partial charge is 0.339 e. The zero-order chi connectivity index (χ0) is 12.3. The summed E-state index contributed by atoms with van der Waals surface area (Å²) in [6.45, 7) is 8.49. The van der Waals surface area contributed by atoms with Crippen molar-refractivity contribution >= 4 is 11.7 Å². The molecule has 16 heavy (non-hydrogen) atoms. The van der Waals surface area contributed by atoms with Crippen LogP contribution >= 0.6 is 0 Å². The third kappa shape index (κ3) is 2.95. The summed E-state index contributed by atoms with van der Waals surface area (Å²) in [7, 11) is 0. The molecular weight excluding hydrogens is 204 g/mol. The van der Waals surface area contributed by atoms with Gasteiger partial charge in [-0.3, -0.25) is 4.98 Å². The molecule has 0 aliphatic heterocycles. The van der Waals surface area contributed by atoms with E-state index in [1.54, 1.807) is 13.0 Å². The van der Waals surface area contributed by atoms with Gasteiger partial charge < -0.3 is 10.4 Å². The average molecular weight is 222 g/mol. The van der Waals surface area contributed by atoms with Crippen molar-refractivity contribution in [1.29, 1.82) is 0 Å². The van der Waals surface area contributed by atoms with E-state index in [0.717, 1.165) is 12.2 Å². The highest BCUT2D eigenvalue weighted by atomic mass is 16.4. The van der Waals surface area contributed by atoms with E-state index in [0.29, 0.717) is 17.3 Å². The monoisotopic (exact) mass is 222 g/mol. The highest BCUT2D eigenvalue weighted by Gasteiger charge is 2.15. The molecule has 1 rings (SSSR count). The molecule has 0 bridgehead atoms. The number of carbonyl (C=O) groups is 1. The number of hydrogen-bond acceptors (Lipinski definition) is 3. The Labute approximate surface area is 95.7 Å². The Balaban J connectivity index is 3.09. The van der Waals surface area contributed by atoms with Gasteiger partial charge in [0.15, 0.2) is 0 Å². The molecule has 0 atom stereocenters. The van der Waals surface area contributed by atoms with Gasteiger partial charge in [-0.05, 0) is 25.8 Å². The van der Waals surface area contributed by atoms with E-state index in [9.17, 15) is 4.79 Å². The minimum Gasteiger partial charge on any atom is -0.478 e.